The molecular weight excluding hydrogens is 296 g/mol. The molecule has 1 atom stereocenters. The zero-order valence-electron chi connectivity index (χ0n) is 11.4. The predicted octanol–water partition coefficient (Wildman–Crippen LogP) is 0.570. The minimum Gasteiger partial charge on any atom is -0.477 e. The second kappa shape index (κ2) is 5.11. The number of aliphatic hydroxyl groups excluding tert-OH is 1. The number of carboxylic acids is 1. The highest BCUT2D eigenvalue weighted by atomic mass is 32.2. The summed E-state index contributed by atoms with van der Waals surface area (Å²) >= 11 is 0. The topological polar surface area (TPSA) is 109 Å². The van der Waals surface area contributed by atoms with Crippen LogP contribution in [0.1, 0.15) is 42.2 Å². The highest BCUT2D eigenvalue weighted by Gasteiger charge is 2.32. The van der Waals surface area contributed by atoms with E-state index in [-0.39, 0.29) is 29.1 Å². The van der Waals surface area contributed by atoms with E-state index in [1.54, 1.807) is 0 Å². The van der Waals surface area contributed by atoms with E-state index in [9.17, 15) is 18.3 Å². The first-order valence-electron chi connectivity index (χ1n) is 7.01. The van der Waals surface area contributed by atoms with Gasteiger partial charge in [-0.25, -0.2) is 17.9 Å². The predicted molar refractivity (Wildman–Crippen MR) is 73.6 cm³/mol. The van der Waals surface area contributed by atoms with Crippen molar-refractivity contribution < 1.29 is 23.4 Å². The van der Waals surface area contributed by atoms with Gasteiger partial charge in [0, 0.05) is 18.8 Å². The average molecular weight is 314 g/mol. The molecule has 1 aromatic rings. The second-order valence-corrected chi connectivity index (χ2v) is 7.53. The molecule has 0 spiro atoms. The summed E-state index contributed by atoms with van der Waals surface area (Å²) in [6.45, 7) is -0.0377. The third-order valence-electron chi connectivity index (χ3n) is 3.94. The van der Waals surface area contributed by atoms with Gasteiger partial charge in [-0.15, -0.1) is 0 Å². The fourth-order valence-corrected chi connectivity index (χ4v) is 3.43. The fourth-order valence-electron chi connectivity index (χ4n) is 2.35. The zero-order valence-corrected chi connectivity index (χ0v) is 12.2. The molecule has 0 bridgehead atoms. The summed E-state index contributed by atoms with van der Waals surface area (Å²) in [5, 5.41) is 18.9. The van der Waals surface area contributed by atoms with Crippen LogP contribution in [0.15, 0.2) is 17.2 Å². The molecule has 0 amide bonds. The van der Waals surface area contributed by atoms with Crippen LogP contribution in [0, 0.1) is 5.92 Å². The summed E-state index contributed by atoms with van der Waals surface area (Å²) in [5.41, 5.74) is -0.0133. The monoisotopic (exact) mass is 314 g/mol. The first-order chi connectivity index (χ1) is 9.88. The number of nitrogens with one attached hydrogen (secondary N) is 1. The van der Waals surface area contributed by atoms with Crippen LogP contribution in [0.25, 0.3) is 0 Å². The van der Waals surface area contributed by atoms with E-state index in [2.05, 4.69) is 4.72 Å². The second-order valence-electron chi connectivity index (χ2n) is 5.76. The molecule has 2 fully saturated rings. The Hall–Kier alpha value is -1.38. The van der Waals surface area contributed by atoms with E-state index >= 15 is 0 Å². The number of aromatic nitrogens is 1. The number of carboxylic acid groups (broad SMARTS) is 1. The molecule has 8 heteroatoms. The normalized spacial score (nSPS) is 20.4. The molecule has 1 aromatic heterocycles. The third-order valence-corrected chi connectivity index (χ3v) is 5.33. The van der Waals surface area contributed by atoms with E-state index in [1.807, 2.05) is 0 Å². The Balaban J connectivity index is 1.77. The first kappa shape index (κ1) is 14.6. The lowest BCUT2D eigenvalue weighted by Crippen LogP contribution is -2.33. The van der Waals surface area contributed by atoms with Gasteiger partial charge in [0.2, 0.25) is 10.0 Å². The first-order valence-corrected chi connectivity index (χ1v) is 8.49. The van der Waals surface area contributed by atoms with Crippen molar-refractivity contribution in [3.8, 4) is 0 Å². The molecule has 2 aliphatic rings. The Morgan fingerprint density at radius 1 is 1.38 bits per heavy atom. The molecule has 21 heavy (non-hydrogen) atoms. The van der Waals surface area contributed by atoms with E-state index in [0.29, 0.717) is 0 Å². The largest absolute Gasteiger partial charge is 0.477 e. The molecule has 3 rings (SSSR count). The third kappa shape index (κ3) is 3.12. The van der Waals surface area contributed by atoms with Gasteiger partial charge < -0.3 is 14.8 Å². The van der Waals surface area contributed by atoms with Gasteiger partial charge in [-0.1, -0.05) is 0 Å². The fraction of sp³-hybridized carbons (Fsp3) is 0.615. The molecule has 3 N–H and O–H groups in total. The van der Waals surface area contributed by atoms with Gasteiger partial charge >= 0.3 is 5.97 Å². The molecule has 0 saturated heterocycles. The lowest BCUT2D eigenvalue weighted by atomic mass is 10.2. The van der Waals surface area contributed by atoms with E-state index in [4.69, 9.17) is 5.11 Å². The van der Waals surface area contributed by atoms with Crippen LogP contribution in [-0.4, -0.2) is 41.8 Å². The summed E-state index contributed by atoms with van der Waals surface area (Å²) in [7, 11) is -3.80. The molecule has 7 nitrogen and oxygen atoms in total. The Kier molecular flexibility index (Phi) is 3.54. The van der Waals surface area contributed by atoms with Crippen molar-refractivity contribution in [3.05, 3.63) is 18.0 Å². The molecule has 1 unspecified atom stereocenters. The lowest BCUT2D eigenvalue weighted by molar-refractivity contribution is 0.0685. The molecule has 2 aliphatic carbocycles. The average Bonchev–Trinajstić information content (AvgIpc) is 3.33. The molecule has 0 radical (unpaired) electrons. The molecule has 1 heterocycles. The Labute approximate surface area is 122 Å². The summed E-state index contributed by atoms with van der Waals surface area (Å²) in [5.74, 6) is -0.959. The van der Waals surface area contributed by atoms with E-state index < -0.39 is 22.1 Å². The Morgan fingerprint density at radius 3 is 2.57 bits per heavy atom. The summed E-state index contributed by atoms with van der Waals surface area (Å²) in [6.07, 6.45) is 4.26. The smallest absolute Gasteiger partial charge is 0.352 e. The van der Waals surface area contributed by atoms with Gasteiger partial charge in [-0.2, -0.15) is 0 Å². The van der Waals surface area contributed by atoms with Gasteiger partial charge in [0.15, 0.2) is 0 Å². The summed E-state index contributed by atoms with van der Waals surface area (Å²) < 4.78 is 28.2. The maximum absolute atomic E-state index is 12.2. The van der Waals surface area contributed by atoms with Crippen LogP contribution >= 0.6 is 0 Å². The van der Waals surface area contributed by atoms with Gasteiger partial charge in [-0.05, 0) is 37.7 Å². The molecular formula is C13H18N2O5S. The number of rotatable bonds is 7. The van der Waals surface area contributed by atoms with Gasteiger partial charge in [-0.3, -0.25) is 0 Å². The minimum atomic E-state index is -3.80. The van der Waals surface area contributed by atoms with Crippen LogP contribution in [0.4, 0.5) is 0 Å². The van der Waals surface area contributed by atoms with Crippen LogP contribution in [0.3, 0.4) is 0 Å². The standard InChI is InChI=1S/C13H18N2O5S/c16-12(8-1-2-8)6-14-21(19,20)10-5-11(13(17)18)15(7-10)9-3-4-9/h5,7-9,12,14,16H,1-4,6H2,(H,17,18). The summed E-state index contributed by atoms with van der Waals surface area (Å²) in [6, 6.07) is 1.25. The minimum absolute atomic E-state index is 0.0133. The zero-order chi connectivity index (χ0) is 15.2. The van der Waals surface area contributed by atoms with Gasteiger partial charge in [0.05, 0.1) is 6.10 Å². The van der Waals surface area contributed by atoms with Crippen molar-refractivity contribution >= 4 is 16.0 Å². The van der Waals surface area contributed by atoms with Crippen molar-refractivity contribution in [1.29, 1.82) is 0 Å². The molecule has 0 aliphatic heterocycles. The maximum atomic E-state index is 12.2. The highest BCUT2D eigenvalue weighted by Crippen LogP contribution is 2.37. The van der Waals surface area contributed by atoms with Crippen molar-refractivity contribution in [1.82, 2.24) is 9.29 Å². The van der Waals surface area contributed by atoms with Crippen molar-refractivity contribution in [2.45, 2.75) is 42.7 Å². The Morgan fingerprint density at radius 2 is 2.05 bits per heavy atom. The van der Waals surface area contributed by atoms with Crippen molar-refractivity contribution in [2.24, 2.45) is 5.92 Å². The van der Waals surface area contributed by atoms with E-state index in [1.165, 1.54) is 16.8 Å². The number of aromatic carboxylic acids is 1. The summed E-state index contributed by atoms with van der Waals surface area (Å²) in [4.78, 5) is 11.1. The van der Waals surface area contributed by atoms with Crippen LogP contribution in [-0.2, 0) is 10.0 Å². The molecule has 2 saturated carbocycles. The van der Waals surface area contributed by atoms with Crippen LogP contribution in [0.5, 0.6) is 0 Å². The number of carbonyl (C=O) groups is 1. The number of hydrogen-bond acceptors (Lipinski definition) is 4. The highest BCUT2D eigenvalue weighted by molar-refractivity contribution is 7.89. The van der Waals surface area contributed by atoms with E-state index in [0.717, 1.165) is 25.7 Å². The van der Waals surface area contributed by atoms with Crippen LogP contribution < -0.4 is 4.72 Å². The lowest BCUT2D eigenvalue weighted by Gasteiger charge is -2.10. The number of hydrogen-bond donors (Lipinski definition) is 3. The number of nitrogens with zero attached hydrogens (tertiary/aromatic N) is 1. The van der Waals surface area contributed by atoms with Gasteiger partial charge in [0.1, 0.15) is 10.6 Å². The maximum Gasteiger partial charge on any atom is 0.352 e. The SMILES string of the molecule is O=C(O)c1cc(S(=O)(=O)NCC(O)C2CC2)cn1C1CC1. The molecule has 116 valence electrons. The van der Waals surface area contributed by atoms with Crippen molar-refractivity contribution in [3.63, 3.8) is 0 Å². The van der Waals surface area contributed by atoms with Gasteiger partial charge in [0.25, 0.3) is 0 Å². The molecule has 0 aromatic carbocycles. The number of sulfonamides is 1. The number of aliphatic hydroxyl groups is 1. The Bertz CT molecular complexity index is 658. The van der Waals surface area contributed by atoms with Crippen LogP contribution in [0.2, 0.25) is 0 Å². The quantitative estimate of drug-likeness (QED) is 0.682. The van der Waals surface area contributed by atoms with Crippen molar-refractivity contribution in [2.75, 3.05) is 6.54 Å².